The number of aliphatic carboxylic acids is 1. The number of amides is 3. The fourth-order valence-electron chi connectivity index (χ4n) is 2.27. The minimum absolute atomic E-state index is 0.0123. The Balaban J connectivity index is 1.79. The van der Waals surface area contributed by atoms with Crippen molar-refractivity contribution in [1.82, 2.24) is 10.6 Å². The highest BCUT2D eigenvalue weighted by atomic mass is 16.4. The van der Waals surface area contributed by atoms with Gasteiger partial charge in [0.15, 0.2) is 0 Å². The summed E-state index contributed by atoms with van der Waals surface area (Å²) in [7, 11) is 0. The number of nitrogen functional groups attached to an aromatic ring is 1. The topological polar surface area (TPSA) is 134 Å². The Hall–Kier alpha value is -3.55. The van der Waals surface area contributed by atoms with E-state index in [1.54, 1.807) is 48.5 Å². The third-order valence-corrected chi connectivity index (χ3v) is 3.73. The Kier molecular flexibility index (Phi) is 7.18. The lowest BCUT2D eigenvalue weighted by molar-refractivity contribution is -0.137. The molecule has 0 fully saturated rings. The number of rotatable bonds is 8. The molecule has 0 saturated heterocycles. The molecule has 0 aliphatic rings. The molecular formula is C19H22N4O4. The van der Waals surface area contributed by atoms with Crippen molar-refractivity contribution in [1.29, 1.82) is 0 Å². The number of carboxylic acid groups (broad SMARTS) is 1. The van der Waals surface area contributed by atoms with Gasteiger partial charge in [-0.15, -0.1) is 0 Å². The monoisotopic (exact) mass is 370 g/mol. The summed E-state index contributed by atoms with van der Waals surface area (Å²) in [6.07, 6.45) is 0.386. The Morgan fingerprint density at radius 2 is 1.67 bits per heavy atom. The van der Waals surface area contributed by atoms with E-state index in [2.05, 4.69) is 16.0 Å². The molecule has 2 aromatic carbocycles. The fraction of sp³-hybridized carbons (Fsp3) is 0.211. The van der Waals surface area contributed by atoms with Crippen LogP contribution in [0.15, 0.2) is 48.5 Å². The lowest BCUT2D eigenvalue weighted by Gasteiger charge is -2.09. The summed E-state index contributed by atoms with van der Waals surface area (Å²) in [5.74, 6) is -1.17. The van der Waals surface area contributed by atoms with Gasteiger partial charge in [0, 0.05) is 25.1 Å². The Morgan fingerprint density at radius 1 is 0.963 bits per heavy atom. The SMILES string of the molecule is Nc1ccccc1NC(=O)c1ccc(CNC(=O)NCCCC(=O)O)cc1. The summed E-state index contributed by atoms with van der Waals surface area (Å²) in [5.41, 5.74) is 8.14. The highest BCUT2D eigenvalue weighted by Gasteiger charge is 2.08. The van der Waals surface area contributed by atoms with Crippen molar-refractivity contribution >= 4 is 29.3 Å². The molecule has 142 valence electrons. The maximum absolute atomic E-state index is 12.3. The van der Waals surface area contributed by atoms with Gasteiger partial charge in [-0.3, -0.25) is 9.59 Å². The molecule has 3 amide bonds. The van der Waals surface area contributed by atoms with Crippen molar-refractivity contribution in [3.8, 4) is 0 Å². The molecule has 0 unspecified atom stereocenters. The molecule has 27 heavy (non-hydrogen) atoms. The van der Waals surface area contributed by atoms with Crippen LogP contribution in [0.1, 0.15) is 28.8 Å². The number of nitrogens with two attached hydrogens (primary N) is 1. The van der Waals surface area contributed by atoms with E-state index in [4.69, 9.17) is 10.8 Å². The van der Waals surface area contributed by atoms with Crippen LogP contribution >= 0.6 is 0 Å². The van der Waals surface area contributed by atoms with E-state index in [1.165, 1.54) is 0 Å². The number of nitrogens with one attached hydrogen (secondary N) is 3. The molecule has 0 aliphatic heterocycles. The van der Waals surface area contributed by atoms with Crippen molar-refractivity contribution in [2.24, 2.45) is 0 Å². The van der Waals surface area contributed by atoms with Gasteiger partial charge in [-0.05, 0) is 36.2 Å². The number of benzene rings is 2. The predicted molar refractivity (Wildman–Crippen MR) is 102 cm³/mol. The van der Waals surface area contributed by atoms with E-state index >= 15 is 0 Å². The van der Waals surface area contributed by atoms with Gasteiger partial charge in [0.2, 0.25) is 0 Å². The fourth-order valence-corrected chi connectivity index (χ4v) is 2.27. The number of anilines is 2. The first kappa shape index (κ1) is 19.8. The lowest BCUT2D eigenvalue weighted by Crippen LogP contribution is -2.35. The second-order valence-corrected chi connectivity index (χ2v) is 5.85. The number of carboxylic acids is 1. The normalized spacial score (nSPS) is 10.1. The maximum Gasteiger partial charge on any atom is 0.315 e. The number of urea groups is 1. The summed E-state index contributed by atoms with van der Waals surface area (Å²) in [4.78, 5) is 34.3. The molecule has 0 heterocycles. The zero-order chi connectivity index (χ0) is 19.6. The third-order valence-electron chi connectivity index (χ3n) is 3.73. The third kappa shape index (κ3) is 6.69. The average Bonchev–Trinajstić information content (AvgIpc) is 2.65. The summed E-state index contributed by atoms with van der Waals surface area (Å²) < 4.78 is 0. The molecule has 8 heteroatoms. The Labute approximate surface area is 156 Å². The Morgan fingerprint density at radius 3 is 2.33 bits per heavy atom. The average molecular weight is 370 g/mol. The molecule has 0 aliphatic carbocycles. The first-order chi connectivity index (χ1) is 13.0. The molecule has 0 bridgehead atoms. The van der Waals surface area contributed by atoms with Crippen LogP contribution in [-0.2, 0) is 11.3 Å². The zero-order valence-electron chi connectivity index (χ0n) is 14.7. The second kappa shape index (κ2) is 9.81. The molecule has 0 spiro atoms. The van der Waals surface area contributed by atoms with Crippen molar-refractivity contribution in [3.05, 3.63) is 59.7 Å². The van der Waals surface area contributed by atoms with Crippen LogP contribution < -0.4 is 21.7 Å². The number of para-hydroxylation sites is 2. The van der Waals surface area contributed by atoms with Gasteiger partial charge >= 0.3 is 12.0 Å². The summed E-state index contributed by atoms with van der Waals surface area (Å²) >= 11 is 0. The molecule has 2 rings (SSSR count). The summed E-state index contributed by atoms with van der Waals surface area (Å²) in [6.45, 7) is 0.582. The van der Waals surface area contributed by atoms with Crippen LogP contribution in [0.3, 0.4) is 0 Å². The van der Waals surface area contributed by atoms with Gasteiger partial charge in [0.05, 0.1) is 11.4 Å². The molecule has 0 aromatic heterocycles. The number of carbonyl (C=O) groups is 3. The molecule has 6 N–H and O–H groups in total. The second-order valence-electron chi connectivity index (χ2n) is 5.85. The van der Waals surface area contributed by atoms with E-state index in [0.29, 0.717) is 29.9 Å². The molecular weight excluding hydrogens is 348 g/mol. The largest absolute Gasteiger partial charge is 0.481 e. The molecule has 2 aromatic rings. The van der Waals surface area contributed by atoms with Crippen LogP contribution in [0.2, 0.25) is 0 Å². The van der Waals surface area contributed by atoms with E-state index in [9.17, 15) is 14.4 Å². The highest BCUT2D eigenvalue weighted by molar-refractivity contribution is 6.05. The lowest BCUT2D eigenvalue weighted by atomic mass is 10.1. The quantitative estimate of drug-likeness (QED) is 0.359. The van der Waals surface area contributed by atoms with Gasteiger partial charge in [-0.1, -0.05) is 24.3 Å². The van der Waals surface area contributed by atoms with Gasteiger partial charge in [0.1, 0.15) is 0 Å². The minimum Gasteiger partial charge on any atom is -0.481 e. The number of carbonyl (C=O) groups excluding carboxylic acids is 2. The smallest absolute Gasteiger partial charge is 0.315 e. The van der Waals surface area contributed by atoms with E-state index in [1.807, 2.05) is 0 Å². The van der Waals surface area contributed by atoms with Crippen LogP contribution in [0.25, 0.3) is 0 Å². The van der Waals surface area contributed by atoms with E-state index in [-0.39, 0.29) is 24.9 Å². The summed E-state index contributed by atoms with van der Waals surface area (Å²) in [6, 6.07) is 13.4. The predicted octanol–water partition coefficient (Wildman–Crippen LogP) is 2.19. The van der Waals surface area contributed by atoms with Crippen molar-refractivity contribution < 1.29 is 19.5 Å². The van der Waals surface area contributed by atoms with Gasteiger partial charge in [0.25, 0.3) is 5.91 Å². The highest BCUT2D eigenvalue weighted by Crippen LogP contribution is 2.18. The minimum atomic E-state index is -0.892. The first-order valence-electron chi connectivity index (χ1n) is 8.44. The maximum atomic E-state index is 12.3. The Bertz CT molecular complexity index is 806. The number of hydrogen-bond acceptors (Lipinski definition) is 4. The van der Waals surface area contributed by atoms with Gasteiger partial charge in [-0.2, -0.15) is 0 Å². The van der Waals surface area contributed by atoms with E-state index < -0.39 is 5.97 Å². The first-order valence-corrected chi connectivity index (χ1v) is 8.44. The molecule has 0 saturated carbocycles. The zero-order valence-corrected chi connectivity index (χ0v) is 14.7. The van der Waals surface area contributed by atoms with Gasteiger partial charge < -0.3 is 26.8 Å². The van der Waals surface area contributed by atoms with Crippen molar-refractivity contribution in [3.63, 3.8) is 0 Å². The molecule has 0 radical (unpaired) electrons. The van der Waals surface area contributed by atoms with E-state index in [0.717, 1.165) is 5.56 Å². The standard InChI is InChI=1S/C19H22N4O4/c20-15-4-1-2-5-16(15)23-18(26)14-9-7-13(8-10-14)12-22-19(27)21-11-3-6-17(24)25/h1-2,4-5,7-10H,3,6,11-12,20H2,(H,23,26)(H,24,25)(H2,21,22,27). The van der Waals surface area contributed by atoms with Crippen LogP contribution in [0, 0.1) is 0 Å². The van der Waals surface area contributed by atoms with Gasteiger partial charge in [-0.25, -0.2) is 4.79 Å². The van der Waals surface area contributed by atoms with Crippen LogP contribution in [-0.4, -0.2) is 29.6 Å². The van der Waals surface area contributed by atoms with Crippen LogP contribution in [0.4, 0.5) is 16.2 Å². The molecule has 0 atom stereocenters. The van der Waals surface area contributed by atoms with Crippen molar-refractivity contribution in [2.45, 2.75) is 19.4 Å². The summed E-state index contributed by atoms with van der Waals surface area (Å²) in [5, 5.41) is 16.5. The number of hydrogen-bond donors (Lipinski definition) is 5. The molecule has 8 nitrogen and oxygen atoms in total. The van der Waals surface area contributed by atoms with Crippen molar-refractivity contribution in [2.75, 3.05) is 17.6 Å². The van der Waals surface area contributed by atoms with Crippen LogP contribution in [0.5, 0.6) is 0 Å².